The molecule has 0 unspecified atom stereocenters. The number of hydrogen-bond acceptors (Lipinski definition) is 3. The monoisotopic (exact) mass is 314 g/mol. The topological polar surface area (TPSA) is 59.8 Å². The predicted octanol–water partition coefficient (Wildman–Crippen LogP) is 3.67. The van der Waals surface area contributed by atoms with Gasteiger partial charge < -0.3 is 5.32 Å². The summed E-state index contributed by atoms with van der Waals surface area (Å²) in [6.45, 7) is 0. The normalized spacial score (nSPS) is 10.7. The zero-order valence-corrected chi connectivity index (χ0v) is 12.8. The first-order valence-corrected chi connectivity index (χ1v) is 7.57. The molecule has 0 aliphatic rings. The highest BCUT2D eigenvalue weighted by atomic mass is 16.1. The van der Waals surface area contributed by atoms with E-state index in [9.17, 15) is 4.79 Å². The molecule has 0 aliphatic heterocycles. The summed E-state index contributed by atoms with van der Waals surface area (Å²) < 4.78 is 1.71. The summed E-state index contributed by atoms with van der Waals surface area (Å²) in [6.07, 6.45) is 3.53. The van der Waals surface area contributed by atoms with E-state index in [1.165, 1.54) is 0 Å². The van der Waals surface area contributed by atoms with Gasteiger partial charge in [0, 0.05) is 17.8 Å². The molecule has 4 aromatic rings. The molecule has 5 nitrogen and oxygen atoms in total. The lowest BCUT2D eigenvalue weighted by molar-refractivity contribution is 0.102. The molecule has 2 aromatic heterocycles. The van der Waals surface area contributed by atoms with Crippen molar-refractivity contribution in [1.29, 1.82) is 0 Å². The molecule has 0 saturated carbocycles. The van der Waals surface area contributed by atoms with Crippen molar-refractivity contribution in [2.24, 2.45) is 0 Å². The average Bonchev–Trinajstić information content (AvgIpc) is 3.16. The van der Waals surface area contributed by atoms with Crippen LogP contribution in [-0.2, 0) is 0 Å². The lowest BCUT2D eigenvalue weighted by atomic mass is 10.2. The standard InChI is InChI=1S/C19H14N4O/c24-19(17-11-10-14-6-1-2-7-15(14)21-17)22-16-8-3-4-9-18(16)23-13-5-12-20-23/h1-13H,(H,22,24). The number of rotatable bonds is 3. The van der Waals surface area contributed by atoms with Gasteiger partial charge in [-0.3, -0.25) is 4.79 Å². The van der Waals surface area contributed by atoms with Gasteiger partial charge in [-0.15, -0.1) is 0 Å². The zero-order chi connectivity index (χ0) is 16.4. The minimum absolute atomic E-state index is 0.250. The first-order chi connectivity index (χ1) is 11.8. The number of aromatic nitrogens is 3. The Morgan fingerprint density at radius 1 is 0.917 bits per heavy atom. The zero-order valence-electron chi connectivity index (χ0n) is 12.8. The number of para-hydroxylation sites is 3. The van der Waals surface area contributed by atoms with E-state index in [1.54, 1.807) is 16.9 Å². The SMILES string of the molecule is O=C(Nc1ccccc1-n1cccn1)c1ccc2ccccc2n1. The van der Waals surface area contributed by atoms with Crippen LogP contribution in [0, 0.1) is 0 Å². The van der Waals surface area contributed by atoms with E-state index < -0.39 is 0 Å². The van der Waals surface area contributed by atoms with Crippen LogP contribution in [-0.4, -0.2) is 20.7 Å². The van der Waals surface area contributed by atoms with Gasteiger partial charge in [-0.2, -0.15) is 5.10 Å². The van der Waals surface area contributed by atoms with Crippen molar-refractivity contribution in [2.75, 3.05) is 5.32 Å². The number of anilines is 1. The van der Waals surface area contributed by atoms with Crippen LogP contribution in [0.25, 0.3) is 16.6 Å². The van der Waals surface area contributed by atoms with E-state index in [-0.39, 0.29) is 5.91 Å². The third kappa shape index (κ3) is 2.63. The molecule has 1 N–H and O–H groups in total. The molecule has 0 aliphatic carbocycles. The van der Waals surface area contributed by atoms with Gasteiger partial charge in [0.25, 0.3) is 5.91 Å². The molecule has 116 valence electrons. The number of nitrogens with zero attached hydrogens (tertiary/aromatic N) is 3. The van der Waals surface area contributed by atoms with Crippen LogP contribution in [0.5, 0.6) is 0 Å². The van der Waals surface area contributed by atoms with Crippen LogP contribution in [0.15, 0.2) is 79.1 Å². The molecule has 0 radical (unpaired) electrons. The molecule has 2 aromatic carbocycles. The fourth-order valence-corrected chi connectivity index (χ4v) is 2.57. The van der Waals surface area contributed by atoms with Gasteiger partial charge >= 0.3 is 0 Å². The molecule has 1 amide bonds. The van der Waals surface area contributed by atoms with Crippen LogP contribution < -0.4 is 5.32 Å². The highest BCUT2D eigenvalue weighted by Gasteiger charge is 2.12. The Kier molecular flexibility index (Phi) is 3.51. The number of pyridine rings is 1. The minimum Gasteiger partial charge on any atom is -0.319 e. The number of nitrogens with one attached hydrogen (secondary N) is 1. The molecule has 0 saturated heterocycles. The maximum Gasteiger partial charge on any atom is 0.274 e. The molecule has 4 rings (SSSR count). The highest BCUT2D eigenvalue weighted by molar-refractivity contribution is 6.05. The molecule has 0 atom stereocenters. The quantitative estimate of drug-likeness (QED) is 0.627. The molecule has 0 bridgehead atoms. The van der Waals surface area contributed by atoms with Gasteiger partial charge in [0.15, 0.2) is 0 Å². The van der Waals surface area contributed by atoms with Gasteiger partial charge in [0.1, 0.15) is 5.69 Å². The number of fused-ring (bicyclic) bond motifs is 1. The summed E-state index contributed by atoms with van der Waals surface area (Å²) in [5, 5.41) is 8.14. The largest absolute Gasteiger partial charge is 0.319 e. The molecule has 24 heavy (non-hydrogen) atoms. The molecule has 2 heterocycles. The molecule has 0 fully saturated rings. The first kappa shape index (κ1) is 14.1. The van der Waals surface area contributed by atoms with Crippen molar-refractivity contribution >= 4 is 22.5 Å². The fourth-order valence-electron chi connectivity index (χ4n) is 2.57. The van der Waals surface area contributed by atoms with Gasteiger partial charge in [0.05, 0.1) is 16.9 Å². The van der Waals surface area contributed by atoms with Crippen molar-refractivity contribution in [1.82, 2.24) is 14.8 Å². The van der Waals surface area contributed by atoms with Gasteiger partial charge in [-0.1, -0.05) is 36.4 Å². The minimum atomic E-state index is -0.250. The van der Waals surface area contributed by atoms with Crippen molar-refractivity contribution in [3.8, 4) is 5.69 Å². The summed E-state index contributed by atoms with van der Waals surface area (Å²) in [7, 11) is 0. The third-order valence-corrected chi connectivity index (χ3v) is 3.73. The van der Waals surface area contributed by atoms with Crippen LogP contribution in [0.4, 0.5) is 5.69 Å². The van der Waals surface area contributed by atoms with Crippen LogP contribution in [0.3, 0.4) is 0 Å². The maximum absolute atomic E-state index is 12.6. The van der Waals surface area contributed by atoms with E-state index in [1.807, 2.05) is 66.9 Å². The van der Waals surface area contributed by atoms with E-state index >= 15 is 0 Å². The third-order valence-electron chi connectivity index (χ3n) is 3.73. The second-order valence-corrected chi connectivity index (χ2v) is 5.31. The molecule has 0 spiro atoms. The molecular formula is C19H14N4O. The maximum atomic E-state index is 12.6. The van der Waals surface area contributed by atoms with E-state index in [4.69, 9.17) is 0 Å². The number of carbonyl (C=O) groups excluding carboxylic acids is 1. The second kappa shape index (κ2) is 5.96. The smallest absolute Gasteiger partial charge is 0.274 e. The Hall–Kier alpha value is -3.47. The van der Waals surface area contributed by atoms with Gasteiger partial charge in [-0.05, 0) is 30.3 Å². The van der Waals surface area contributed by atoms with Crippen molar-refractivity contribution in [3.63, 3.8) is 0 Å². The Morgan fingerprint density at radius 3 is 2.62 bits per heavy atom. The first-order valence-electron chi connectivity index (χ1n) is 7.57. The number of hydrogen-bond donors (Lipinski definition) is 1. The Morgan fingerprint density at radius 2 is 1.75 bits per heavy atom. The van der Waals surface area contributed by atoms with Gasteiger partial charge in [0.2, 0.25) is 0 Å². The van der Waals surface area contributed by atoms with Crippen LogP contribution >= 0.6 is 0 Å². The highest BCUT2D eigenvalue weighted by Crippen LogP contribution is 2.20. The molecular weight excluding hydrogens is 300 g/mol. The van der Waals surface area contributed by atoms with Crippen molar-refractivity contribution in [3.05, 3.63) is 84.8 Å². The summed E-state index contributed by atoms with van der Waals surface area (Å²) >= 11 is 0. The van der Waals surface area contributed by atoms with Crippen LogP contribution in [0.1, 0.15) is 10.5 Å². The Balaban J connectivity index is 1.66. The number of benzene rings is 2. The summed E-state index contributed by atoms with van der Waals surface area (Å²) in [6, 6.07) is 20.7. The summed E-state index contributed by atoms with van der Waals surface area (Å²) in [5.74, 6) is -0.250. The number of carbonyl (C=O) groups is 1. The van der Waals surface area contributed by atoms with E-state index in [0.29, 0.717) is 11.4 Å². The Labute approximate surface area is 138 Å². The predicted molar refractivity (Wildman–Crippen MR) is 93.3 cm³/mol. The average molecular weight is 314 g/mol. The fraction of sp³-hybridized carbons (Fsp3) is 0. The summed E-state index contributed by atoms with van der Waals surface area (Å²) in [5.41, 5.74) is 2.66. The lowest BCUT2D eigenvalue weighted by Crippen LogP contribution is -2.15. The number of amides is 1. The lowest BCUT2D eigenvalue weighted by Gasteiger charge is -2.11. The van der Waals surface area contributed by atoms with Crippen molar-refractivity contribution in [2.45, 2.75) is 0 Å². The second-order valence-electron chi connectivity index (χ2n) is 5.31. The molecule has 5 heteroatoms. The Bertz CT molecular complexity index is 1010. The van der Waals surface area contributed by atoms with Gasteiger partial charge in [-0.25, -0.2) is 9.67 Å². The summed E-state index contributed by atoms with van der Waals surface area (Å²) in [4.78, 5) is 17.0. The van der Waals surface area contributed by atoms with Crippen LogP contribution in [0.2, 0.25) is 0 Å². The van der Waals surface area contributed by atoms with E-state index in [0.717, 1.165) is 16.6 Å². The van der Waals surface area contributed by atoms with Crippen molar-refractivity contribution < 1.29 is 4.79 Å². The van der Waals surface area contributed by atoms with E-state index in [2.05, 4.69) is 15.4 Å².